The van der Waals surface area contributed by atoms with Gasteiger partial charge in [-0.3, -0.25) is 10.1 Å². The summed E-state index contributed by atoms with van der Waals surface area (Å²) in [5, 5.41) is 20.6. The number of hydrogen-bond donors (Lipinski definition) is 3. The molecule has 1 aromatic carbocycles. The van der Waals surface area contributed by atoms with Gasteiger partial charge in [0.25, 0.3) is 0 Å². The Kier molecular flexibility index (Phi) is 6.88. The van der Waals surface area contributed by atoms with E-state index in [1.807, 2.05) is 0 Å². The van der Waals surface area contributed by atoms with E-state index in [0.29, 0.717) is 24.5 Å². The summed E-state index contributed by atoms with van der Waals surface area (Å²) in [5.74, 6) is -0.272. The summed E-state index contributed by atoms with van der Waals surface area (Å²) >= 11 is 0. The summed E-state index contributed by atoms with van der Waals surface area (Å²) < 4.78 is 10.1. The number of ether oxygens (including phenoxy) is 2. The summed E-state index contributed by atoms with van der Waals surface area (Å²) in [6.45, 7) is 0.951. The Bertz CT molecular complexity index is 379. The maximum Gasteiger partial charge on any atom is 0.325 e. The summed E-state index contributed by atoms with van der Waals surface area (Å²) in [5.41, 5.74) is 0.649. The number of nitrogens with one attached hydrogen (secondary N) is 1. The van der Waals surface area contributed by atoms with Crippen LogP contribution in [0, 0.1) is 0 Å². The minimum atomic E-state index is -0.952. The number of aliphatic hydroxyl groups is 1. The highest BCUT2D eigenvalue weighted by molar-refractivity contribution is 5.75. The minimum Gasteiger partial charge on any atom is -0.497 e. The number of carbonyl (C=O) groups is 1. The summed E-state index contributed by atoms with van der Waals surface area (Å²) in [6, 6.07) is 6.06. The van der Waals surface area contributed by atoms with Crippen molar-refractivity contribution < 1.29 is 24.5 Å². The predicted molar refractivity (Wildman–Crippen MR) is 69.3 cm³/mol. The first-order chi connectivity index (χ1) is 9.19. The van der Waals surface area contributed by atoms with E-state index in [1.54, 1.807) is 31.4 Å². The molecule has 0 aliphatic rings. The molecule has 0 aliphatic heterocycles. The van der Waals surface area contributed by atoms with Crippen molar-refractivity contribution >= 4 is 5.97 Å². The average molecular weight is 269 g/mol. The van der Waals surface area contributed by atoms with Crippen LogP contribution in [0.25, 0.3) is 0 Å². The number of carboxylic acids is 1. The van der Waals surface area contributed by atoms with Crippen molar-refractivity contribution in [1.29, 1.82) is 0 Å². The van der Waals surface area contributed by atoms with Gasteiger partial charge in [0, 0.05) is 6.54 Å². The SMILES string of the molecule is COc1ccc(C(NCCOCCO)C(=O)O)cc1. The number of methoxy groups -OCH3 is 1. The van der Waals surface area contributed by atoms with Gasteiger partial charge in [-0.1, -0.05) is 12.1 Å². The fourth-order valence-corrected chi connectivity index (χ4v) is 1.59. The fourth-order valence-electron chi connectivity index (χ4n) is 1.59. The minimum absolute atomic E-state index is 0.0408. The van der Waals surface area contributed by atoms with Crippen molar-refractivity contribution in [3.63, 3.8) is 0 Å². The molecule has 1 unspecified atom stereocenters. The van der Waals surface area contributed by atoms with Crippen LogP contribution < -0.4 is 10.1 Å². The third-order valence-corrected chi connectivity index (χ3v) is 2.53. The number of aliphatic carboxylic acids is 1. The molecule has 0 fully saturated rings. The van der Waals surface area contributed by atoms with Gasteiger partial charge in [-0.15, -0.1) is 0 Å². The van der Waals surface area contributed by atoms with Crippen LogP contribution in [0.15, 0.2) is 24.3 Å². The molecule has 1 aromatic rings. The first-order valence-electron chi connectivity index (χ1n) is 5.97. The largest absolute Gasteiger partial charge is 0.497 e. The normalized spacial score (nSPS) is 12.1. The van der Waals surface area contributed by atoms with E-state index in [9.17, 15) is 9.90 Å². The van der Waals surface area contributed by atoms with Crippen LogP contribution in [0.3, 0.4) is 0 Å². The summed E-state index contributed by atoms with van der Waals surface area (Å²) in [6.07, 6.45) is 0. The van der Waals surface area contributed by atoms with Gasteiger partial charge >= 0.3 is 5.97 Å². The number of carboxylic acid groups (broad SMARTS) is 1. The number of aliphatic hydroxyl groups excluding tert-OH is 1. The smallest absolute Gasteiger partial charge is 0.325 e. The molecule has 0 amide bonds. The lowest BCUT2D eigenvalue weighted by Crippen LogP contribution is -2.31. The third kappa shape index (κ3) is 5.25. The van der Waals surface area contributed by atoms with Gasteiger partial charge in [0.2, 0.25) is 0 Å². The quantitative estimate of drug-likeness (QED) is 0.563. The van der Waals surface area contributed by atoms with E-state index in [4.69, 9.17) is 14.6 Å². The van der Waals surface area contributed by atoms with Crippen LogP contribution in [0.5, 0.6) is 5.75 Å². The maximum absolute atomic E-state index is 11.2. The Balaban J connectivity index is 2.53. The number of rotatable bonds is 9. The highest BCUT2D eigenvalue weighted by Crippen LogP contribution is 2.17. The fraction of sp³-hybridized carbons (Fsp3) is 0.462. The summed E-state index contributed by atoms with van der Waals surface area (Å²) in [7, 11) is 1.56. The van der Waals surface area contributed by atoms with Crippen LogP contribution >= 0.6 is 0 Å². The zero-order valence-corrected chi connectivity index (χ0v) is 10.8. The van der Waals surface area contributed by atoms with Crippen LogP contribution in [-0.2, 0) is 9.53 Å². The molecule has 0 spiro atoms. The number of hydrogen-bond acceptors (Lipinski definition) is 5. The molecule has 0 bridgehead atoms. The zero-order valence-electron chi connectivity index (χ0n) is 10.8. The second-order valence-corrected chi connectivity index (χ2v) is 3.83. The topological polar surface area (TPSA) is 88.0 Å². The van der Waals surface area contributed by atoms with E-state index in [1.165, 1.54) is 0 Å². The van der Waals surface area contributed by atoms with E-state index in [0.717, 1.165) is 0 Å². The third-order valence-electron chi connectivity index (χ3n) is 2.53. The Morgan fingerprint density at radius 3 is 2.53 bits per heavy atom. The van der Waals surface area contributed by atoms with Crippen molar-refractivity contribution in [2.75, 3.05) is 33.5 Å². The van der Waals surface area contributed by atoms with Gasteiger partial charge in [-0.25, -0.2) is 0 Å². The molecule has 106 valence electrons. The highest BCUT2D eigenvalue weighted by Gasteiger charge is 2.18. The first kappa shape index (κ1) is 15.4. The molecule has 6 heteroatoms. The van der Waals surface area contributed by atoms with Gasteiger partial charge in [0.1, 0.15) is 11.8 Å². The Morgan fingerprint density at radius 1 is 1.32 bits per heavy atom. The van der Waals surface area contributed by atoms with Crippen LogP contribution in [-0.4, -0.2) is 49.7 Å². The summed E-state index contributed by atoms with van der Waals surface area (Å²) in [4.78, 5) is 11.2. The molecule has 0 saturated carbocycles. The van der Waals surface area contributed by atoms with Crippen LogP contribution in [0.2, 0.25) is 0 Å². The van der Waals surface area contributed by atoms with Gasteiger partial charge in [0.15, 0.2) is 0 Å². The molecule has 1 atom stereocenters. The molecule has 19 heavy (non-hydrogen) atoms. The molecule has 0 radical (unpaired) electrons. The molecule has 6 nitrogen and oxygen atoms in total. The van der Waals surface area contributed by atoms with Gasteiger partial charge in [-0.2, -0.15) is 0 Å². The lowest BCUT2D eigenvalue weighted by molar-refractivity contribution is -0.139. The Hall–Kier alpha value is -1.63. The predicted octanol–water partition coefficient (Wildman–Crippen LogP) is 0.419. The van der Waals surface area contributed by atoms with Crippen molar-refractivity contribution in [3.8, 4) is 5.75 Å². The van der Waals surface area contributed by atoms with E-state index >= 15 is 0 Å². The van der Waals surface area contributed by atoms with Crippen molar-refractivity contribution in [3.05, 3.63) is 29.8 Å². The second-order valence-electron chi connectivity index (χ2n) is 3.83. The van der Waals surface area contributed by atoms with Crippen molar-refractivity contribution in [1.82, 2.24) is 5.32 Å². The second kappa shape index (κ2) is 8.47. The molecule has 0 aromatic heterocycles. The van der Waals surface area contributed by atoms with E-state index in [-0.39, 0.29) is 13.2 Å². The average Bonchev–Trinajstić information content (AvgIpc) is 2.43. The van der Waals surface area contributed by atoms with Crippen LogP contribution in [0.4, 0.5) is 0 Å². The monoisotopic (exact) mass is 269 g/mol. The van der Waals surface area contributed by atoms with Gasteiger partial charge in [0.05, 0.1) is 26.9 Å². The Morgan fingerprint density at radius 2 is 2.00 bits per heavy atom. The highest BCUT2D eigenvalue weighted by atomic mass is 16.5. The molecular weight excluding hydrogens is 250 g/mol. The lowest BCUT2D eigenvalue weighted by atomic mass is 10.1. The molecule has 0 aliphatic carbocycles. The molecule has 0 saturated heterocycles. The van der Waals surface area contributed by atoms with E-state index < -0.39 is 12.0 Å². The van der Waals surface area contributed by atoms with Gasteiger partial charge in [-0.05, 0) is 17.7 Å². The van der Waals surface area contributed by atoms with Crippen molar-refractivity contribution in [2.45, 2.75) is 6.04 Å². The molecule has 0 heterocycles. The van der Waals surface area contributed by atoms with Gasteiger partial charge < -0.3 is 19.7 Å². The number of benzene rings is 1. The lowest BCUT2D eigenvalue weighted by Gasteiger charge is -2.15. The van der Waals surface area contributed by atoms with E-state index in [2.05, 4.69) is 5.32 Å². The van der Waals surface area contributed by atoms with Crippen molar-refractivity contribution in [2.24, 2.45) is 0 Å². The maximum atomic E-state index is 11.2. The standard InChI is InChI=1S/C13H19NO5/c1-18-11-4-2-10(3-5-11)12(13(16)17)14-6-8-19-9-7-15/h2-5,12,14-15H,6-9H2,1H3,(H,16,17). The zero-order chi connectivity index (χ0) is 14.1. The first-order valence-corrected chi connectivity index (χ1v) is 5.97. The molecular formula is C13H19NO5. The molecule has 1 rings (SSSR count). The Labute approximate surface area is 112 Å². The van der Waals surface area contributed by atoms with Crippen LogP contribution in [0.1, 0.15) is 11.6 Å². The molecule has 3 N–H and O–H groups in total.